The summed E-state index contributed by atoms with van der Waals surface area (Å²) >= 11 is 1.89. The van der Waals surface area contributed by atoms with Gasteiger partial charge in [0.05, 0.1) is 0 Å². The summed E-state index contributed by atoms with van der Waals surface area (Å²) in [5, 5.41) is 2.60. The first-order valence-electron chi connectivity index (χ1n) is 18.4. The maximum atomic E-state index is 5.01. The average molecular weight is 720 g/mol. The molecule has 0 atom stereocenters. The van der Waals surface area contributed by atoms with E-state index < -0.39 is 0 Å². The highest BCUT2D eigenvalue weighted by Crippen LogP contribution is 2.44. The lowest BCUT2D eigenvalue weighted by molar-refractivity contribution is 1.07. The SMILES string of the molecule is c1ccc(-c2ccc(-c3nc(-c4ccccc4)nc(-c4ccc(-c5cccc(-c6cccc7c6sc6c(-c8ccccc8)cccc67)c5)cc4)n3)cc2)cc1. The van der Waals surface area contributed by atoms with E-state index in [0.29, 0.717) is 17.5 Å². The molecule has 2 aromatic heterocycles. The fourth-order valence-electron chi connectivity index (χ4n) is 7.36. The molecule has 0 radical (unpaired) electrons. The van der Waals surface area contributed by atoms with Crippen molar-refractivity contribution in [3.8, 4) is 78.7 Å². The lowest BCUT2D eigenvalue weighted by atomic mass is 9.97. The smallest absolute Gasteiger partial charge is 0.164 e. The highest BCUT2D eigenvalue weighted by atomic mass is 32.1. The van der Waals surface area contributed by atoms with Crippen molar-refractivity contribution >= 4 is 31.5 Å². The summed E-state index contributed by atoms with van der Waals surface area (Å²) in [5.41, 5.74) is 12.4. The van der Waals surface area contributed by atoms with E-state index in [0.717, 1.165) is 33.4 Å². The molecule has 0 aliphatic rings. The Morgan fingerprint density at radius 1 is 0.255 bits per heavy atom. The van der Waals surface area contributed by atoms with Crippen LogP contribution in [0.1, 0.15) is 0 Å². The fraction of sp³-hybridized carbons (Fsp3) is 0. The molecule has 0 aliphatic heterocycles. The molecule has 55 heavy (non-hydrogen) atoms. The molecule has 0 amide bonds. The fourth-order valence-corrected chi connectivity index (χ4v) is 8.74. The van der Waals surface area contributed by atoms with Crippen LogP contribution in [-0.4, -0.2) is 15.0 Å². The number of thiophene rings is 1. The average Bonchev–Trinajstić information content (AvgIpc) is 3.67. The standard InChI is InChI=1S/C51H33N3S/c1-4-13-34(14-5-1)35-25-29-39(30-26-35)50-52-49(38-17-8-3-9-18-38)53-51(54-50)40-31-27-36(28-32-40)41-19-10-20-42(33-41)44-22-12-24-46-45-23-11-21-43(47(45)55-48(44)46)37-15-6-2-7-16-37/h1-33H. The first-order chi connectivity index (χ1) is 27.2. The predicted octanol–water partition coefficient (Wildman–Crippen LogP) is 13.9. The highest BCUT2D eigenvalue weighted by molar-refractivity contribution is 7.26. The Morgan fingerprint density at radius 3 is 1.13 bits per heavy atom. The van der Waals surface area contributed by atoms with Gasteiger partial charge in [0.25, 0.3) is 0 Å². The summed E-state index contributed by atoms with van der Waals surface area (Å²) < 4.78 is 2.63. The van der Waals surface area contributed by atoms with Gasteiger partial charge in [0.15, 0.2) is 17.5 Å². The van der Waals surface area contributed by atoms with E-state index in [1.165, 1.54) is 48.0 Å². The minimum absolute atomic E-state index is 0.641. The van der Waals surface area contributed by atoms with E-state index in [2.05, 4.69) is 164 Å². The van der Waals surface area contributed by atoms with Crippen LogP contribution in [0.2, 0.25) is 0 Å². The summed E-state index contributed by atoms with van der Waals surface area (Å²) in [5.74, 6) is 1.94. The topological polar surface area (TPSA) is 38.7 Å². The van der Waals surface area contributed by atoms with E-state index >= 15 is 0 Å². The van der Waals surface area contributed by atoms with Gasteiger partial charge in [-0.05, 0) is 50.6 Å². The zero-order chi connectivity index (χ0) is 36.6. The molecule has 0 bridgehead atoms. The number of rotatable bonds is 7. The van der Waals surface area contributed by atoms with Gasteiger partial charge in [-0.1, -0.05) is 194 Å². The minimum atomic E-state index is 0.641. The second-order valence-electron chi connectivity index (χ2n) is 13.6. The van der Waals surface area contributed by atoms with Crippen molar-refractivity contribution in [3.05, 3.63) is 200 Å². The van der Waals surface area contributed by atoms with Crippen molar-refractivity contribution in [1.29, 1.82) is 0 Å². The van der Waals surface area contributed by atoms with Gasteiger partial charge in [0.2, 0.25) is 0 Å². The summed E-state index contributed by atoms with van der Waals surface area (Å²) in [6, 6.07) is 70.4. The van der Waals surface area contributed by atoms with Crippen molar-refractivity contribution in [2.45, 2.75) is 0 Å². The lowest BCUT2D eigenvalue weighted by Crippen LogP contribution is -2.00. The van der Waals surface area contributed by atoms with Crippen LogP contribution in [0.15, 0.2) is 200 Å². The van der Waals surface area contributed by atoms with E-state index in [9.17, 15) is 0 Å². The van der Waals surface area contributed by atoms with Gasteiger partial charge >= 0.3 is 0 Å². The van der Waals surface area contributed by atoms with Crippen LogP contribution in [-0.2, 0) is 0 Å². The Hall–Kier alpha value is -7.01. The van der Waals surface area contributed by atoms with Crippen LogP contribution in [0.4, 0.5) is 0 Å². The van der Waals surface area contributed by atoms with Crippen molar-refractivity contribution in [1.82, 2.24) is 15.0 Å². The van der Waals surface area contributed by atoms with Crippen LogP contribution in [0.3, 0.4) is 0 Å². The molecule has 258 valence electrons. The quantitative estimate of drug-likeness (QED) is 0.165. The largest absolute Gasteiger partial charge is 0.208 e. The van der Waals surface area contributed by atoms with Gasteiger partial charge in [0, 0.05) is 36.9 Å². The summed E-state index contributed by atoms with van der Waals surface area (Å²) in [7, 11) is 0. The van der Waals surface area contributed by atoms with Crippen molar-refractivity contribution in [2.24, 2.45) is 0 Å². The van der Waals surface area contributed by atoms with Crippen molar-refractivity contribution in [3.63, 3.8) is 0 Å². The molecule has 0 saturated carbocycles. The summed E-state index contributed by atoms with van der Waals surface area (Å²) in [4.78, 5) is 14.9. The maximum Gasteiger partial charge on any atom is 0.164 e. The first kappa shape index (κ1) is 32.6. The van der Waals surface area contributed by atoms with E-state index in [1.54, 1.807) is 0 Å². The molecule has 0 fully saturated rings. The normalized spacial score (nSPS) is 11.3. The molecule has 0 spiro atoms. The van der Waals surface area contributed by atoms with Crippen LogP contribution in [0.25, 0.3) is 98.8 Å². The van der Waals surface area contributed by atoms with Crippen LogP contribution >= 0.6 is 11.3 Å². The second kappa shape index (κ2) is 14.1. The van der Waals surface area contributed by atoms with Crippen molar-refractivity contribution in [2.75, 3.05) is 0 Å². The number of aromatic nitrogens is 3. The number of hydrogen-bond acceptors (Lipinski definition) is 4. The minimum Gasteiger partial charge on any atom is -0.208 e. The van der Waals surface area contributed by atoms with Crippen molar-refractivity contribution < 1.29 is 0 Å². The molecular weight excluding hydrogens is 687 g/mol. The van der Waals surface area contributed by atoms with E-state index in [-0.39, 0.29) is 0 Å². The molecule has 10 aromatic rings. The second-order valence-corrected chi connectivity index (χ2v) is 14.6. The molecule has 8 aromatic carbocycles. The molecule has 4 heteroatoms. The summed E-state index contributed by atoms with van der Waals surface area (Å²) in [6.07, 6.45) is 0. The third kappa shape index (κ3) is 6.29. The molecular formula is C51H33N3S. The molecule has 0 saturated heterocycles. The monoisotopic (exact) mass is 719 g/mol. The number of benzene rings is 8. The molecule has 0 aliphatic carbocycles. The Morgan fingerprint density at radius 2 is 0.600 bits per heavy atom. The Kier molecular flexibility index (Phi) is 8.36. The zero-order valence-corrected chi connectivity index (χ0v) is 30.6. The van der Waals surface area contributed by atoms with Crippen LogP contribution < -0.4 is 0 Å². The molecule has 3 nitrogen and oxygen atoms in total. The van der Waals surface area contributed by atoms with E-state index in [1.807, 2.05) is 47.7 Å². The molecule has 0 unspecified atom stereocenters. The first-order valence-corrected chi connectivity index (χ1v) is 19.3. The van der Waals surface area contributed by atoms with Gasteiger partial charge in [-0.2, -0.15) is 0 Å². The van der Waals surface area contributed by atoms with Crippen LogP contribution in [0.5, 0.6) is 0 Å². The number of fused-ring (bicyclic) bond motifs is 3. The third-order valence-electron chi connectivity index (χ3n) is 10.2. The highest BCUT2D eigenvalue weighted by Gasteiger charge is 2.16. The zero-order valence-electron chi connectivity index (χ0n) is 29.8. The van der Waals surface area contributed by atoms with Gasteiger partial charge in [0.1, 0.15) is 0 Å². The van der Waals surface area contributed by atoms with Gasteiger partial charge in [-0.15, -0.1) is 11.3 Å². The van der Waals surface area contributed by atoms with Gasteiger partial charge < -0.3 is 0 Å². The predicted molar refractivity (Wildman–Crippen MR) is 231 cm³/mol. The lowest BCUT2D eigenvalue weighted by Gasteiger charge is -2.10. The molecule has 0 N–H and O–H groups in total. The van der Waals surface area contributed by atoms with E-state index in [4.69, 9.17) is 15.0 Å². The summed E-state index contributed by atoms with van der Waals surface area (Å²) in [6.45, 7) is 0. The van der Waals surface area contributed by atoms with Crippen LogP contribution in [0, 0.1) is 0 Å². The Bertz CT molecular complexity index is 2940. The number of nitrogens with zero attached hydrogens (tertiary/aromatic N) is 3. The Balaban J connectivity index is 0.998. The maximum absolute atomic E-state index is 5.01. The Labute approximate surface area is 323 Å². The molecule has 2 heterocycles. The van der Waals surface area contributed by atoms with Gasteiger partial charge in [-0.25, -0.2) is 15.0 Å². The van der Waals surface area contributed by atoms with Gasteiger partial charge in [-0.3, -0.25) is 0 Å². The molecule has 10 rings (SSSR count). The third-order valence-corrected chi connectivity index (χ3v) is 11.5. The number of hydrogen-bond donors (Lipinski definition) is 0.